The summed E-state index contributed by atoms with van der Waals surface area (Å²) in [7, 11) is 0. The van der Waals surface area contributed by atoms with E-state index in [2.05, 4.69) is 23.5 Å². The van der Waals surface area contributed by atoms with Crippen LogP contribution >= 0.6 is 12.8 Å². The molecule has 11 heteroatoms. The molecule has 0 unspecified atom stereocenters. The largest absolute Gasteiger partial charge is 0.416 e. The lowest BCUT2D eigenvalue weighted by Gasteiger charge is -2.15. The maximum absolute atomic E-state index is 12.7. The van der Waals surface area contributed by atoms with Gasteiger partial charge in [-0.15, -0.1) is 0 Å². The van der Waals surface area contributed by atoms with Gasteiger partial charge in [-0.05, 0) is 50.3 Å². The van der Waals surface area contributed by atoms with Gasteiger partial charge >= 0.3 is 6.18 Å². The Kier molecular flexibility index (Phi) is 9.09. The number of nitrogens with zero attached hydrogens (tertiary/aromatic N) is 2. The van der Waals surface area contributed by atoms with E-state index in [0.717, 1.165) is 16.5 Å². The number of nitrogens with one attached hydrogen (secondary N) is 2. The zero-order valence-electron chi connectivity index (χ0n) is 14.6. The summed E-state index contributed by atoms with van der Waals surface area (Å²) in [6, 6.07) is 4.68. The Morgan fingerprint density at radius 3 is 2.52 bits per heavy atom. The van der Waals surface area contributed by atoms with Gasteiger partial charge in [-0.2, -0.15) is 22.7 Å². The van der Waals surface area contributed by atoms with E-state index in [4.69, 9.17) is 5.21 Å². The molecule has 0 heterocycles. The molecule has 0 saturated heterocycles. The zero-order valence-corrected chi connectivity index (χ0v) is 15.5. The highest BCUT2D eigenvalue weighted by Crippen LogP contribution is 2.29. The van der Waals surface area contributed by atoms with E-state index in [0.29, 0.717) is 19.3 Å². The summed E-state index contributed by atoms with van der Waals surface area (Å²) in [5.41, 5.74) is 3.61. The van der Waals surface area contributed by atoms with Crippen molar-refractivity contribution in [1.82, 2.24) is 15.4 Å². The van der Waals surface area contributed by atoms with Crippen LogP contribution in [0.2, 0.25) is 0 Å². The number of thiol groups is 1. The highest BCUT2D eigenvalue weighted by atomic mass is 32.1. The molecule has 0 aliphatic heterocycles. The Morgan fingerprint density at radius 2 is 1.89 bits per heavy atom. The molecule has 0 aliphatic carbocycles. The van der Waals surface area contributed by atoms with Crippen LogP contribution in [-0.2, 0) is 15.8 Å². The van der Waals surface area contributed by atoms with Gasteiger partial charge in [0.15, 0.2) is 0 Å². The SMILES string of the molecule is C/C(=N\NN(S)C(=O)CCCCCC(=O)NO)c1cccc(C(F)(F)F)c1. The minimum Gasteiger partial charge on any atom is -0.289 e. The van der Waals surface area contributed by atoms with Crippen molar-refractivity contribution in [3.8, 4) is 0 Å². The van der Waals surface area contributed by atoms with Crippen molar-refractivity contribution in [3.05, 3.63) is 35.4 Å². The predicted molar refractivity (Wildman–Crippen MR) is 95.6 cm³/mol. The highest BCUT2D eigenvalue weighted by molar-refractivity contribution is 7.78. The van der Waals surface area contributed by atoms with E-state index in [1.54, 1.807) is 0 Å². The van der Waals surface area contributed by atoms with Gasteiger partial charge in [0.1, 0.15) is 0 Å². The van der Waals surface area contributed by atoms with E-state index in [1.807, 2.05) is 0 Å². The van der Waals surface area contributed by atoms with Crippen LogP contribution in [0, 0.1) is 0 Å². The maximum Gasteiger partial charge on any atom is 0.416 e. The highest BCUT2D eigenvalue weighted by Gasteiger charge is 2.30. The lowest BCUT2D eigenvalue weighted by atomic mass is 10.1. The Hall–Kier alpha value is -2.27. The summed E-state index contributed by atoms with van der Waals surface area (Å²) in [6.07, 6.45) is -2.51. The molecule has 1 rings (SSSR count). The number of unbranched alkanes of at least 4 members (excludes halogenated alkanes) is 2. The van der Waals surface area contributed by atoms with Crippen LogP contribution in [-0.4, -0.2) is 27.1 Å². The summed E-state index contributed by atoms with van der Waals surface area (Å²) in [5, 5.41) is 12.2. The molecule has 0 aromatic heterocycles. The average Bonchev–Trinajstić information content (AvgIpc) is 2.64. The van der Waals surface area contributed by atoms with Gasteiger partial charge in [0.05, 0.1) is 11.3 Å². The fourth-order valence-electron chi connectivity index (χ4n) is 2.06. The molecule has 27 heavy (non-hydrogen) atoms. The van der Waals surface area contributed by atoms with Gasteiger partial charge in [-0.3, -0.25) is 14.8 Å². The summed E-state index contributed by atoms with van der Waals surface area (Å²) in [4.78, 5) is 22.7. The van der Waals surface area contributed by atoms with Gasteiger partial charge in [0.2, 0.25) is 5.91 Å². The topological polar surface area (TPSA) is 94.0 Å². The van der Waals surface area contributed by atoms with Crippen molar-refractivity contribution in [2.75, 3.05) is 0 Å². The normalized spacial score (nSPS) is 11.9. The van der Waals surface area contributed by atoms with Crippen LogP contribution in [0.1, 0.15) is 50.2 Å². The number of hydrazone groups is 1. The third-order valence-corrected chi connectivity index (χ3v) is 3.89. The van der Waals surface area contributed by atoms with Crippen LogP contribution < -0.4 is 11.0 Å². The first-order valence-electron chi connectivity index (χ1n) is 8.07. The van der Waals surface area contributed by atoms with Crippen molar-refractivity contribution in [2.45, 2.75) is 45.2 Å². The molecule has 0 saturated carbocycles. The number of carbonyl (C=O) groups is 2. The van der Waals surface area contributed by atoms with Crippen LogP contribution in [0.25, 0.3) is 0 Å². The summed E-state index contributed by atoms with van der Waals surface area (Å²) >= 11 is 3.94. The smallest absolute Gasteiger partial charge is 0.289 e. The van der Waals surface area contributed by atoms with Gasteiger partial charge in [0.25, 0.3) is 5.91 Å². The molecular weight excluding hydrogens is 385 g/mol. The number of alkyl halides is 3. The van der Waals surface area contributed by atoms with Gasteiger partial charge in [0, 0.05) is 12.8 Å². The number of amides is 2. The van der Waals surface area contributed by atoms with Gasteiger partial charge < -0.3 is 0 Å². The molecule has 2 amide bonds. The molecule has 1 aromatic rings. The lowest BCUT2D eigenvalue weighted by Crippen LogP contribution is -2.32. The maximum atomic E-state index is 12.7. The summed E-state index contributed by atoms with van der Waals surface area (Å²) in [5.74, 6) is -0.872. The second-order valence-electron chi connectivity index (χ2n) is 5.68. The molecule has 7 nitrogen and oxygen atoms in total. The number of rotatable bonds is 9. The standard InChI is InChI=1S/C16H21F3N4O3S/c1-11(12-6-5-7-13(10-12)16(17,18)19)20-22-23(27)15(25)9-4-2-3-8-14(24)21-26/h5-7,10,22,26-27H,2-4,8-9H2,1H3,(H,21,24)/b20-11+. The molecule has 0 aliphatic rings. The van der Waals surface area contributed by atoms with E-state index < -0.39 is 17.6 Å². The monoisotopic (exact) mass is 406 g/mol. The van der Waals surface area contributed by atoms with E-state index >= 15 is 0 Å². The van der Waals surface area contributed by atoms with Gasteiger partial charge in [-0.1, -0.05) is 18.6 Å². The molecule has 0 spiro atoms. The van der Waals surface area contributed by atoms with Gasteiger partial charge in [-0.25, -0.2) is 11.0 Å². The fraction of sp³-hybridized carbons (Fsp3) is 0.438. The quantitative estimate of drug-likeness (QED) is 0.167. The Bertz CT molecular complexity index is 683. The van der Waals surface area contributed by atoms with Crippen LogP contribution in [0.4, 0.5) is 13.2 Å². The third kappa shape index (κ3) is 8.31. The van der Waals surface area contributed by atoms with E-state index in [-0.39, 0.29) is 30.0 Å². The number of carbonyl (C=O) groups excluding carboxylic acids is 2. The number of halogens is 3. The first-order chi connectivity index (χ1) is 12.6. The summed E-state index contributed by atoms with van der Waals surface area (Å²) < 4.78 is 39.0. The fourth-order valence-corrected chi connectivity index (χ4v) is 2.21. The molecule has 0 bridgehead atoms. The third-order valence-electron chi connectivity index (χ3n) is 3.58. The van der Waals surface area contributed by atoms with E-state index in [9.17, 15) is 22.8 Å². The molecule has 1 aromatic carbocycles. The molecule has 0 atom stereocenters. The summed E-state index contributed by atoms with van der Waals surface area (Å²) in [6.45, 7) is 1.50. The second kappa shape index (κ2) is 10.8. The first-order valence-corrected chi connectivity index (χ1v) is 8.47. The van der Waals surface area contributed by atoms with E-state index in [1.165, 1.54) is 24.5 Å². The Morgan fingerprint density at radius 1 is 1.22 bits per heavy atom. The van der Waals surface area contributed by atoms with Crippen molar-refractivity contribution in [3.63, 3.8) is 0 Å². The van der Waals surface area contributed by atoms with Crippen molar-refractivity contribution >= 4 is 30.3 Å². The lowest BCUT2D eigenvalue weighted by molar-refractivity contribution is -0.137. The number of hydrazine groups is 1. The number of hydrogen-bond donors (Lipinski definition) is 4. The minimum absolute atomic E-state index is 0.148. The molecular formula is C16H21F3N4O3S. The molecule has 150 valence electrons. The molecule has 0 fully saturated rings. The number of benzene rings is 1. The van der Waals surface area contributed by atoms with Crippen molar-refractivity contribution in [1.29, 1.82) is 0 Å². The minimum atomic E-state index is -4.45. The van der Waals surface area contributed by atoms with Crippen LogP contribution in [0.15, 0.2) is 29.4 Å². The van der Waals surface area contributed by atoms with Crippen molar-refractivity contribution in [2.24, 2.45) is 5.10 Å². The second-order valence-corrected chi connectivity index (χ2v) is 6.08. The first kappa shape index (κ1) is 22.8. The zero-order chi connectivity index (χ0) is 20.4. The molecule has 0 radical (unpaired) electrons. The molecule has 3 N–H and O–H groups in total. The average molecular weight is 406 g/mol. The van der Waals surface area contributed by atoms with Crippen molar-refractivity contribution < 1.29 is 28.0 Å². The Labute approximate surface area is 160 Å². The predicted octanol–water partition coefficient (Wildman–Crippen LogP) is 3.06. The number of hydroxylamine groups is 1. The van der Waals surface area contributed by atoms with Crippen LogP contribution in [0.3, 0.4) is 0 Å². The number of hydrogen-bond acceptors (Lipinski definition) is 6. The Balaban J connectivity index is 2.48. The van der Waals surface area contributed by atoms with Crippen LogP contribution in [0.5, 0.6) is 0 Å².